The third-order valence-electron chi connectivity index (χ3n) is 3.90. The largest absolute Gasteiger partial charge is 0.327 e. The van der Waals surface area contributed by atoms with Crippen molar-refractivity contribution in [1.82, 2.24) is 4.90 Å². The summed E-state index contributed by atoms with van der Waals surface area (Å²) in [4.78, 5) is 2.47. The molecule has 2 N–H and O–H groups in total. The van der Waals surface area contributed by atoms with Crippen LogP contribution in [0.4, 0.5) is 0 Å². The Morgan fingerprint density at radius 3 is 2.18 bits per heavy atom. The van der Waals surface area contributed by atoms with Crippen LogP contribution in [0, 0.1) is 5.92 Å². The summed E-state index contributed by atoms with van der Waals surface area (Å²) >= 11 is 0. The average molecular weight is 242 g/mol. The van der Waals surface area contributed by atoms with Crippen LogP contribution >= 0.6 is 0 Å². The maximum absolute atomic E-state index is 6.08. The molecule has 0 amide bonds. The third kappa shape index (κ3) is 8.62. The van der Waals surface area contributed by atoms with Crippen molar-refractivity contribution in [3.63, 3.8) is 0 Å². The standard InChI is InChI=1S/C15H34N2/c1-6-7-8-9-10-14(4)17(5)12-11-15(16)13(2)3/h13-15H,6-12,16H2,1-5H3. The zero-order valence-corrected chi connectivity index (χ0v) is 12.7. The molecule has 2 heteroatoms. The molecule has 0 fully saturated rings. The molecular weight excluding hydrogens is 208 g/mol. The maximum Gasteiger partial charge on any atom is 0.00740 e. The van der Waals surface area contributed by atoms with E-state index in [1.807, 2.05) is 0 Å². The number of nitrogens with zero attached hydrogens (tertiary/aromatic N) is 1. The molecule has 0 aliphatic rings. The molecule has 0 saturated carbocycles. The van der Waals surface area contributed by atoms with Gasteiger partial charge in [-0.15, -0.1) is 0 Å². The van der Waals surface area contributed by atoms with Gasteiger partial charge in [0.1, 0.15) is 0 Å². The molecule has 0 aromatic rings. The molecule has 0 aromatic heterocycles. The first-order valence-electron chi connectivity index (χ1n) is 7.44. The van der Waals surface area contributed by atoms with Crippen molar-refractivity contribution in [3.8, 4) is 0 Å². The number of unbranched alkanes of at least 4 members (excludes halogenated alkanes) is 3. The molecule has 0 bridgehead atoms. The zero-order chi connectivity index (χ0) is 13.3. The second-order valence-electron chi connectivity index (χ2n) is 5.88. The molecule has 0 rings (SSSR count). The Balaban J connectivity index is 3.63. The lowest BCUT2D eigenvalue weighted by Gasteiger charge is -2.27. The summed E-state index contributed by atoms with van der Waals surface area (Å²) < 4.78 is 0. The summed E-state index contributed by atoms with van der Waals surface area (Å²) in [6, 6.07) is 1.05. The van der Waals surface area contributed by atoms with Crippen molar-refractivity contribution in [2.24, 2.45) is 11.7 Å². The Labute approximate surface area is 109 Å². The lowest BCUT2D eigenvalue weighted by atomic mass is 10.0. The van der Waals surface area contributed by atoms with Crippen molar-refractivity contribution in [2.75, 3.05) is 13.6 Å². The Kier molecular flexibility index (Phi) is 9.85. The van der Waals surface area contributed by atoms with Crippen LogP contribution in [-0.2, 0) is 0 Å². The number of hydrogen-bond acceptors (Lipinski definition) is 2. The predicted octanol–water partition coefficient (Wildman–Crippen LogP) is 3.65. The van der Waals surface area contributed by atoms with E-state index in [0.717, 1.165) is 13.0 Å². The summed E-state index contributed by atoms with van der Waals surface area (Å²) in [6.45, 7) is 10.2. The summed E-state index contributed by atoms with van der Waals surface area (Å²) in [7, 11) is 2.23. The molecule has 2 atom stereocenters. The van der Waals surface area contributed by atoms with E-state index in [-0.39, 0.29) is 0 Å². The third-order valence-corrected chi connectivity index (χ3v) is 3.90. The predicted molar refractivity (Wildman–Crippen MR) is 78.3 cm³/mol. The van der Waals surface area contributed by atoms with Crippen LogP contribution < -0.4 is 5.73 Å². The van der Waals surface area contributed by atoms with Crippen molar-refractivity contribution in [1.29, 1.82) is 0 Å². The highest BCUT2D eigenvalue weighted by molar-refractivity contribution is 4.70. The molecular formula is C15H34N2. The van der Waals surface area contributed by atoms with Crippen molar-refractivity contribution < 1.29 is 0 Å². The van der Waals surface area contributed by atoms with Crippen molar-refractivity contribution in [2.45, 2.75) is 78.3 Å². The minimum atomic E-state index is 0.352. The fourth-order valence-electron chi connectivity index (χ4n) is 1.99. The molecule has 0 aromatic carbocycles. The van der Waals surface area contributed by atoms with E-state index in [9.17, 15) is 0 Å². The lowest BCUT2D eigenvalue weighted by molar-refractivity contribution is 0.227. The molecule has 0 spiro atoms. The molecule has 17 heavy (non-hydrogen) atoms. The van der Waals surface area contributed by atoms with Gasteiger partial charge in [0.25, 0.3) is 0 Å². The first-order chi connectivity index (χ1) is 7.99. The Morgan fingerprint density at radius 1 is 1.00 bits per heavy atom. The summed E-state index contributed by atoms with van der Waals surface area (Å²) in [6.07, 6.45) is 7.92. The Morgan fingerprint density at radius 2 is 1.65 bits per heavy atom. The van der Waals surface area contributed by atoms with Crippen LogP contribution in [0.25, 0.3) is 0 Å². The van der Waals surface area contributed by atoms with E-state index in [2.05, 4.69) is 39.6 Å². The molecule has 0 aliphatic heterocycles. The zero-order valence-electron chi connectivity index (χ0n) is 12.7. The fourth-order valence-corrected chi connectivity index (χ4v) is 1.99. The monoisotopic (exact) mass is 242 g/mol. The first kappa shape index (κ1) is 16.9. The van der Waals surface area contributed by atoms with Crippen LogP contribution in [0.2, 0.25) is 0 Å². The van der Waals surface area contributed by atoms with Crippen molar-refractivity contribution >= 4 is 0 Å². The summed E-state index contributed by atoms with van der Waals surface area (Å²) in [5.74, 6) is 0.600. The van der Waals surface area contributed by atoms with Crippen LogP contribution in [0.3, 0.4) is 0 Å². The van der Waals surface area contributed by atoms with E-state index in [4.69, 9.17) is 5.73 Å². The van der Waals surface area contributed by atoms with Gasteiger partial charge in [0.15, 0.2) is 0 Å². The van der Waals surface area contributed by atoms with E-state index in [1.165, 1.54) is 32.1 Å². The Bertz CT molecular complexity index is 168. The quantitative estimate of drug-likeness (QED) is 0.593. The summed E-state index contributed by atoms with van der Waals surface area (Å²) in [5, 5.41) is 0. The highest BCUT2D eigenvalue weighted by Crippen LogP contribution is 2.11. The summed E-state index contributed by atoms with van der Waals surface area (Å²) in [5.41, 5.74) is 6.08. The highest BCUT2D eigenvalue weighted by Gasteiger charge is 2.12. The van der Waals surface area contributed by atoms with Gasteiger partial charge < -0.3 is 10.6 Å². The molecule has 0 radical (unpaired) electrons. The van der Waals surface area contributed by atoms with Gasteiger partial charge >= 0.3 is 0 Å². The molecule has 0 heterocycles. The SMILES string of the molecule is CCCCCCC(C)N(C)CCC(N)C(C)C. The van der Waals surface area contributed by atoms with Gasteiger partial charge in [-0.3, -0.25) is 0 Å². The molecule has 2 unspecified atom stereocenters. The number of hydrogen-bond donors (Lipinski definition) is 1. The van der Waals surface area contributed by atoms with Gasteiger partial charge in [0.2, 0.25) is 0 Å². The van der Waals surface area contributed by atoms with E-state index < -0.39 is 0 Å². The van der Waals surface area contributed by atoms with Gasteiger partial charge in [-0.25, -0.2) is 0 Å². The minimum absolute atomic E-state index is 0.352. The topological polar surface area (TPSA) is 29.3 Å². The second-order valence-corrected chi connectivity index (χ2v) is 5.88. The van der Waals surface area contributed by atoms with Gasteiger partial charge in [-0.1, -0.05) is 46.5 Å². The minimum Gasteiger partial charge on any atom is -0.327 e. The van der Waals surface area contributed by atoms with Crippen LogP contribution in [-0.4, -0.2) is 30.6 Å². The molecule has 2 nitrogen and oxygen atoms in total. The smallest absolute Gasteiger partial charge is 0.00740 e. The van der Waals surface area contributed by atoms with Gasteiger partial charge in [-0.05, 0) is 39.3 Å². The van der Waals surface area contributed by atoms with Crippen molar-refractivity contribution in [3.05, 3.63) is 0 Å². The average Bonchev–Trinajstić information content (AvgIpc) is 2.30. The fraction of sp³-hybridized carbons (Fsp3) is 1.00. The lowest BCUT2D eigenvalue weighted by Crippen LogP contribution is -2.35. The number of rotatable bonds is 10. The van der Waals surface area contributed by atoms with Crippen LogP contribution in [0.5, 0.6) is 0 Å². The van der Waals surface area contributed by atoms with Gasteiger partial charge in [0, 0.05) is 12.1 Å². The maximum atomic E-state index is 6.08. The molecule has 0 saturated heterocycles. The van der Waals surface area contributed by atoms with E-state index >= 15 is 0 Å². The van der Waals surface area contributed by atoms with Gasteiger partial charge in [-0.2, -0.15) is 0 Å². The van der Waals surface area contributed by atoms with E-state index in [0.29, 0.717) is 18.0 Å². The highest BCUT2D eigenvalue weighted by atomic mass is 15.1. The molecule has 104 valence electrons. The van der Waals surface area contributed by atoms with E-state index in [1.54, 1.807) is 0 Å². The molecule has 0 aliphatic carbocycles. The second kappa shape index (κ2) is 9.90. The van der Waals surface area contributed by atoms with Crippen LogP contribution in [0.15, 0.2) is 0 Å². The number of nitrogens with two attached hydrogens (primary N) is 1. The van der Waals surface area contributed by atoms with Gasteiger partial charge in [0.05, 0.1) is 0 Å². The normalized spacial score (nSPS) is 15.5. The first-order valence-corrected chi connectivity index (χ1v) is 7.44. The van der Waals surface area contributed by atoms with Crippen LogP contribution in [0.1, 0.15) is 66.2 Å². The Hall–Kier alpha value is -0.0800.